The second-order valence-corrected chi connectivity index (χ2v) is 3.60. The van der Waals surface area contributed by atoms with Crippen LogP contribution in [0.2, 0.25) is 0 Å². The van der Waals surface area contributed by atoms with Crippen LogP contribution in [0.25, 0.3) is 0 Å². The Morgan fingerprint density at radius 1 is 1.50 bits per heavy atom. The summed E-state index contributed by atoms with van der Waals surface area (Å²) in [7, 11) is 0. The van der Waals surface area contributed by atoms with E-state index in [2.05, 4.69) is 4.98 Å². The van der Waals surface area contributed by atoms with Gasteiger partial charge in [-0.3, -0.25) is 0 Å². The minimum Gasteiger partial charge on any atom is -0.344 e. The van der Waals surface area contributed by atoms with E-state index < -0.39 is 0 Å². The second kappa shape index (κ2) is 2.48. The standard InChI is InChI=1S/C4H3NS3/c6-3-1-2-5-4(7)8-3/h1-2H,(H,5,7). The number of H-pyrrole nitrogens is 1. The second-order valence-electron chi connectivity index (χ2n) is 1.19. The highest BCUT2D eigenvalue weighted by molar-refractivity contribution is 7.75. The van der Waals surface area contributed by atoms with Crippen LogP contribution in [0.15, 0.2) is 12.3 Å². The van der Waals surface area contributed by atoms with Gasteiger partial charge in [0.15, 0.2) is 3.95 Å². The Balaban J connectivity index is 3.50. The summed E-state index contributed by atoms with van der Waals surface area (Å²) in [5, 5.41) is 0. The van der Waals surface area contributed by atoms with E-state index in [-0.39, 0.29) is 0 Å². The van der Waals surface area contributed by atoms with Gasteiger partial charge in [0.2, 0.25) is 0 Å². The molecule has 0 amide bonds. The van der Waals surface area contributed by atoms with Crippen molar-refractivity contribution < 1.29 is 0 Å². The Labute approximate surface area is 61.0 Å². The molecule has 0 atom stereocenters. The van der Waals surface area contributed by atoms with E-state index in [9.17, 15) is 0 Å². The average molecular weight is 161 g/mol. The molecule has 0 fully saturated rings. The normalized spacial score (nSPS) is 9.00. The number of hydrogen-bond acceptors (Lipinski definition) is 3. The molecular formula is C4H3NS3. The summed E-state index contributed by atoms with van der Waals surface area (Å²) < 4.78 is 1.56. The van der Waals surface area contributed by atoms with Gasteiger partial charge in [0, 0.05) is 6.20 Å². The summed E-state index contributed by atoms with van der Waals surface area (Å²) in [4.78, 5) is 2.84. The minimum absolute atomic E-state index is 0.734. The van der Waals surface area contributed by atoms with Crippen LogP contribution in [0, 0.1) is 7.78 Å². The van der Waals surface area contributed by atoms with Gasteiger partial charge >= 0.3 is 0 Å². The molecule has 1 nitrogen and oxygen atoms in total. The van der Waals surface area contributed by atoms with Crippen molar-refractivity contribution in [2.45, 2.75) is 0 Å². The van der Waals surface area contributed by atoms with E-state index in [4.69, 9.17) is 24.4 Å². The third kappa shape index (κ3) is 1.47. The van der Waals surface area contributed by atoms with Crippen molar-refractivity contribution in [3.8, 4) is 0 Å². The summed E-state index contributed by atoms with van der Waals surface area (Å²) in [6.07, 6.45) is 1.75. The summed E-state index contributed by atoms with van der Waals surface area (Å²) in [5.74, 6) is 0. The highest BCUT2D eigenvalue weighted by Gasteiger charge is 1.73. The SMILES string of the molecule is S=c1cc[nH]c(=S)s1. The molecule has 0 saturated carbocycles. The van der Waals surface area contributed by atoms with E-state index in [0.29, 0.717) is 0 Å². The molecule has 0 saturated heterocycles. The largest absolute Gasteiger partial charge is 0.344 e. The molecule has 1 aromatic heterocycles. The van der Waals surface area contributed by atoms with Crippen molar-refractivity contribution in [3.05, 3.63) is 20.0 Å². The fourth-order valence-electron chi connectivity index (χ4n) is 0.333. The van der Waals surface area contributed by atoms with Gasteiger partial charge in [-0.2, -0.15) is 0 Å². The predicted octanol–water partition coefficient (Wildman–Crippen LogP) is 2.54. The molecule has 0 bridgehead atoms. The Morgan fingerprint density at radius 2 is 2.25 bits per heavy atom. The first kappa shape index (κ1) is 6.07. The predicted molar refractivity (Wildman–Crippen MR) is 40.3 cm³/mol. The summed E-state index contributed by atoms with van der Waals surface area (Å²) >= 11 is 11.0. The van der Waals surface area contributed by atoms with Gasteiger partial charge in [0.1, 0.15) is 0 Å². The molecule has 0 aliphatic carbocycles. The van der Waals surface area contributed by atoms with Gasteiger partial charge in [0.05, 0.1) is 3.82 Å². The molecule has 4 heteroatoms. The first-order valence-corrected chi connectivity index (χ1v) is 3.61. The van der Waals surface area contributed by atoms with Crippen LogP contribution < -0.4 is 0 Å². The lowest BCUT2D eigenvalue weighted by molar-refractivity contribution is 1.36. The average Bonchev–Trinajstić information content (AvgIpc) is 1.64. The van der Waals surface area contributed by atoms with Gasteiger partial charge in [-0.15, -0.1) is 0 Å². The van der Waals surface area contributed by atoms with Crippen molar-refractivity contribution in [1.29, 1.82) is 0 Å². The smallest absolute Gasteiger partial charge is 0.159 e. The van der Waals surface area contributed by atoms with Crippen LogP contribution in [0.3, 0.4) is 0 Å². The molecule has 0 unspecified atom stereocenters. The number of rotatable bonds is 0. The van der Waals surface area contributed by atoms with E-state index in [1.807, 2.05) is 6.07 Å². The van der Waals surface area contributed by atoms with E-state index in [1.54, 1.807) is 6.20 Å². The fraction of sp³-hybridized carbons (Fsp3) is 0. The molecule has 0 aliphatic heterocycles. The quantitative estimate of drug-likeness (QED) is 0.588. The zero-order valence-corrected chi connectivity index (χ0v) is 6.33. The van der Waals surface area contributed by atoms with Gasteiger partial charge in [0.25, 0.3) is 0 Å². The maximum atomic E-state index is 4.83. The van der Waals surface area contributed by atoms with Crippen molar-refractivity contribution in [1.82, 2.24) is 4.98 Å². The Morgan fingerprint density at radius 3 is 2.62 bits per heavy atom. The zero-order valence-electron chi connectivity index (χ0n) is 3.88. The highest BCUT2D eigenvalue weighted by atomic mass is 32.2. The number of aromatic nitrogens is 1. The third-order valence-corrected chi connectivity index (χ3v) is 2.01. The van der Waals surface area contributed by atoms with Crippen LogP contribution >= 0.6 is 35.8 Å². The highest BCUT2D eigenvalue weighted by Crippen LogP contribution is 1.97. The topological polar surface area (TPSA) is 15.8 Å². The summed E-state index contributed by atoms with van der Waals surface area (Å²) in [5.41, 5.74) is 0. The maximum Gasteiger partial charge on any atom is 0.159 e. The maximum absolute atomic E-state index is 4.83. The monoisotopic (exact) mass is 161 g/mol. The lowest BCUT2D eigenvalue weighted by Crippen LogP contribution is -1.63. The zero-order chi connectivity index (χ0) is 5.98. The minimum atomic E-state index is 0.734. The molecule has 0 aromatic carbocycles. The van der Waals surface area contributed by atoms with E-state index >= 15 is 0 Å². The third-order valence-electron chi connectivity index (χ3n) is 0.614. The van der Waals surface area contributed by atoms with Crippen molar-refractivity contribution in [3.63, 3.8) is 0 Å². The fourth-order valence-corrected chi connectivity index (χ4v) is 1.59. The van der Waals surface area contributed by atoms with Gasteiger partial charge in [-0.1, -0.05) is 23.6 Å². The molecule has 0 radical (unpaired) electrons. The Bertz CT molecular complexity index is 246. The lowest BCUT2D eigenvalue weighted by Gasteiger charge is -1.77. The molecule has 1 aromatic rings. The van der Waals surface area contributed by atoms with Crippen molar-refractivity contribution in [2.24, 2.45) is 0 Å². The van der Waals surface area contributed by atoms with E-state index in [0.717, 1.165) is 7.78 Å². The van der Waals surface area contributed by atoms with Gasteiger partial charge < -0.3 is 4.98 Å². The van der Waals surface area contributed by atoms with Crippen LogP contribution in [0.5, 0.6) is 0 Å². The van der Waals surface area contributed by atoms with Gasteiger partial charge in [-0.25, -0.2) is 0 Å². The molecule has 0 aliphatic rings. The molecule has 1 heterocycles. The first-order chi connectivity index (χ1) is 3.79. The van der Waals surface area contributed by atoms with Crippen LogP contribution in [0.4, 0.5) is 0 Å². The van der Waals surface area contributed by atoms with E-state index in [1.165, 1.54) is 11.3 Å². The molecule has 1 rings (SSSR count). The molecule has 0 spiro atoms. The van der Waals surface area contributed by atoms with Crippen molar-refractivity contribution in [2.75, 3.05) is 0 Å². The molecule has 1 N–H and O–H groups in total. The number of aromatic amines is 1. The van der Waals surface area contributed by atoms with Crippen LogP contribution in [0.1, 0.15) is 0 Å². The molecular weight excluding hydrogens is 158 g/mol. The molecule has 42 valence electrons. The number of nitrogens with one attached hydrogen (secondary N) is 1. The van der Waals surface area contributed by atoms with Crippen molar-refractivity contribution >= 4 is 35.8 Å². The Hall–Kier alpha value is -0.0600. The lowest BCUT2D eigenvalue weighted by atomic mass is 10.8. The first-order valence-electron chi connectivity index (χ1n) is 1.98. The molecule has 8 heavy (non-hydrogen) atoms. The van der Waals surface area contributed by atoms with Crippen LogP contribution in [-0.2, 0) is 0 Å². The van der Waals surface area contributed by atoms with Crippen LogP contribution in [-0.4, -0.2) is 4.98 Å². The summed E-state index contributed by atoms with van der Waals surface area (Å²) in [6.45, 7) is 0. The Kier molecular flexibility index (Phi) is 1.88. The van der Waals surface area contributed by atoms with Gasteiger partial charge in [-0.05, 0) is 18.3 Å². The number of hydrogen-bond donors (Lipinski definition) is 1. The summed E-state index contributed by atoms with van der Waals surface area (Å²) in [6, 6.07) is 1.82.